The first-order valence-corrected chi connectivity index (χ1v) is 5.15. The van der Waals surface area contributed by atoms with Crippen molar-refractivity contribution >= 4 is 5.91 Å². The molecule has 0 atom stereocenters. The molecule has 3 nitrogen and oxygen atoms in total. The van der Waals surface area contributed by atoms with Gasteiger partial charge in [-0.1, -0.05) is 18.2 Å². The first-order chi connectivity index (χ1) is 7.20. The molecule has 0 aliphatic carbocycles. The lowest BCUT2D eigenvalue weighted by atomic mass is 10.2. The summed E-state index contributed by atoms with van der Waals surface area (Å²) in [6.45, 7) is 5.04. The van der Waals surface area contributed by atoms with Gasteiger partial charge in [-0.25, -0.2) is 0 Å². The third kappa shape index (κ3) is 4.61. The molecule has 1 aromatic rings. The Morgan fingerprint density at radius 1 is 1.33 bits per heavy atom. The number of ether oxygens (including phenoxy) is 1. The zero-order valence-corrected chi connectivity index (χ0v) is 9.19. The van der Waals surface area contributed by atoms with Crippen LogP contribution in [0.3, 0.4) is 0 Å². The molecule has 1 rings (SSSR count). The van der Waals surface area contributed by atoms with Crippen molar-refractivity contribution in [1.29, 1.82) is 0 Å². The van der Waals surface area contributed by atoms with Crippen LogP contribution in [0.25, 0.3) is 0 Å². The van der Waals surface area contributed by atoms with E-state index in [9.17, 15) is 4.79 Å². The standard InChI is InChI=1S/C12H17NO2/c1-10(2)15-9-8-13-12(14)11-6-4-3-5-7-11/h3-7,10H,8-9H2,1-2H3,(H,13,14). The molecule has 0 fully saturated rings. The summed E-state index contributed by atoms with van der Waals surface area (Å²) < 4.78 is 5.31. The Kier molecular flexibility index (Phi) is 4.84. The summed E-state index contributed by atoms with van der Waals surface area (Å²) >= 11 is 0. The zero-order valence-electron chi connectivity index (χ0n) is 9.19. The van der Waals surface area contributed by atoms with E-state index in [-0.39, 0.29) is 12.0 Å². The maximum Gasteiger partial charge on any atom is 0.251 e. The van der Waals surface area contributed by atoms with Gasteiger partial charge in [0.05, 0.1) is 12.7 Å². The highest BCUT2D eigenvalue weighted by Crippen LogP contribution is 1.97. The van der Waals surface area contributed by atoms with Crippen molar-refractivity contribution in [2.45, 2.75) is 20.0 Å². The SMILES string of the molecule is CC(C)OCCNC(=O)c1ccccc1. The lowest BCUT2D eigenvalue weighted by Gasteiger charge is -2.08. The molecule has 0 aromatic heterocycles. The summed E-state index contributed by atoms with van der Waals surface area (Å²) in [5.41, 5.74) is 0.682. The number of hydrogen-bond acceptors (Lipinski definition) is 2. The second-order valence-corrected chi connectivity index (χ2v) is 3.54. The average Bonchev–Trinajstić information content (AvgIpc) is 2.25. The Morgan fingerprint density at radius 3 is 2.60 bits per heavy atom. The van der Waals surface area contributed by atoms with E-state index in [1.807, 2.05) is 32.0 Å². The molecule has 82 valence electrons. The van der Waals surface area contributed by atoms with Gasteiger partial charge in [0.1, 0.15) is 0 Å². The molecule has 0 saturated carbocycles. The third-order valence-electron chi connectivity index (χ3n) is 1.87. The van der Waals surface area contributed by atoms with Crippen molar-refractivity contribution in [1.82, 2.24) is 5.32 Å². The molecule has 0 spiro atoms. The molecule has 15 heavy (non-hydrogen) atoms. The summed E-state index contributed by atoms with van der Waals surface area (Å²) in [5.74, 6) is -0.0528. The summed E-state index contributed by atoms with van der Waals surface area (Å²) in [7, 11) is 0. The Bertz CT molecular complexity index is 296. The first-order valence-electron chi connectivity index (χ1n) is 5.15. The van der Waals surface area contributed by atoms with Crippen molar-refractivity contribution in [3.05, 3.63) is 35.9 Å². The van der Waals surface area contributed by atoms with E-state index in [1.54, 1.807) is 12.1 Å². The van der Waals surface area contributed by atoms with Crippen LogP contribution < -0.4 is 5.32 Å². The molecule has 0 unspecified atom stereocenters. The molecule has 1 amide bonds. The normalized spacial score (nSPS) is 10.3. The van der Waals surface area contributed by atoms with Gasteiger partial charge in [-0.05, 0) is 26.0 Å². The van der Waals surface area contributed by atoms with E-state index in [0.717, 1.165) is 0 Å². The van der Waals surface area contributed by atoms with Crippen LogP contribution in [0.5, 0.6) is 0 Å². The van der Waals surface area contributed by atoms with Gasteiger partial charge in [-0.3, -0.25) is 4.79 Å². The molecular formula is C12H17NO2. The fraction of sp³-hybridized carbons (Fsp3) is 0.417. The third-order valence-corrected chi connectivity index (χ3v) is 1.87. The number of rotatable bonds is 5. The minimum Gasteiger partial charge on any atom is -0.377 e. The second kappa shape index (κ2) is 6.19. The molecular weight excluding hydrogens is 190 g/mol. The van der Waals surface area contributed by atoms with Gasteiger partial charge in [-0.15, -0.1) is 0 Å². The summed E-state index contributed by atoms with van der Waals surface area (Å²) in [4.78, 5) is 11.5. The highest BCUT2D eigenvalue weighted by atomic mass is 16.5. The largest absolute Gasteiger partial charge is 0.377 e. The molecule has 0 bridgehead atoms. The Balaban J connectivity index is 2.25. The summed E-state index contributed by atoms with van der Waals surface area (Å²) in [5, 5.41) is 2.79. The van der Waals surface area contributed by atoms with Crippen LogP contribution in [0.1, 0.15) is 24.2 Å². The second-order valence-electron chi connectivity index (χ2n) is 3.54. The maximum absolute atomic E-state index is 11.5. The Morgan fingerprint density at radius 2 is 2.00 bits per heavy atom. The molecule has 0 radical (unpaired) electrons. The smallest absolute Gasteiger partial charge is 0.251 e. The van der Waals surface area contributed by atoms with Gasteiger partial charge in [0, 0.05) is 12.1 Å². The Hall–Kier alpha value is -1.35. The Labute approximate surface area is 90.4 Å². The molecule has 0 aliphatic heterocycles. The van der Waals surface area contributed by atoms with Crippen molar-refractivity contribution in [2.24, 2.45) is 0 Å². The van der Waals surface area contributed by atoms with E-state index in [4.69, 9.17) is 4.74 Å². The van der Waals surface area contributed by atoms with Gasteiger partial charge in [0.15, 0.2) is 0 Å². The van der Waals surface area contributed by atoms with E-state index in [2.05, 4.69) is 5.32 Å². The van der Waals surface area contributed by atoms with Gasteiger partial charge in [0.2, 0.25) is 0 Å². The average molecular weight is 207 g/mol. The monoisotopic (exact) mass is 207 g/mol. The zero-order chi connectivity index (χ0) is 11.1. The quantitative estimate of drug-likeness (QED) is 0.748. The topological polar surface area (TPSA) is 38.3 Å². The van der Waals surface area contributed by atoms with E-state index < -0.39 is 0 Å². The van der Waals surface area contributed by atoms with Crippen molar-refractivity contribution in [3.8, 4) is 0 Å². The van der Waals surface area contributed by atoms with Gasteiger partial charge in [-0.2, -0.15) is 0 Å². The number of benzene rings is 1. The van der Waals surface area contributed by atoms with E-state index in [0.29, 0.717) is 18.7 Å². The number of nitrogens with one attached hydrogen (secondary N) is 1. The summed E-state index contributed by atoms with van der Waals surface area (Å²) in [6, 6.07) is 9.16. The van der Waals surface area contributed by atoms with Crippen LogP contribution in [0.2, 0.25) is 0 Å². The lowest BCUT2D eigenvalue weighted by Crippen LogP contribution is -2.27. The minimum absolute atomic E-state index is 0.0528. The molecule has 3 heteroatoms. The molecule has 1 aromatic carbocycles. The maximum atomic E-state index is 11.5. The number of hydrogen-bond donors (Lipinski definition) is 1. The van der Waals surface area contributed by atoms with Crippen LogP contribution in [-0.2, 0) is 4.74 Å². The van der Waals surface area contributed by atoms with Crippen LogP contribution in [-0.4, -0.2) is 25.2 Å². The van der Waals surface area contributed by atoms with Crippen molar-refractivity contribution in [2.75, 3.05) is 13.2 Å². The molecule has 0 saturated heterocycles. The van der Waals surface area contributed by atoms with Gasteiger partial charge >= 0.3 is 0 Å². The highest BCUT2D eigenvalue weighted by Gasteiger charge is 2.02. The van der Waals surface area contributed by atoms with Crippen molar-refractivity contribution < 1.29 is 9.53 Å². The molecule has 0 aliphatic rings. The van der Waals surface area contributed by atoms with E-state index >= 15 is 0 Å². The number of amides is 1. The van der Waals surface area contributed by atoms with Crippen LogP contribution in [0.4, 0.5) is 0 Å². The lowest BCUT2D eigenvalue weighted by molar-refractivity contribution is 0.0746. The highest BCUT2D eigenvalue weighted by molar-refractivity contribution is 5.94. The van der Waals surface area contributed by atoms with Crippen LogP contribution in [0, 0.1) is 0 Å². The molecule has 1 N–H and O–H groups in total. The van der Waals surface area contributed by atoms with Crippen LogP contribution >= 0.6 is 0 Å². The molecule has 0 heterocycles. The predicted octanol–water partition coefficient (Wildman–Crippen LogP) is 1.84. The van der Waals surface area contributed by atoms with Gasteiger partial charge < -0.3 is 10.1 Å². The first kappa shape index (κ1) is 11.7. The van der Waals surface area contributed by atoms with Crippen LogP contribution in [0.15, 0.2) is 30.3 Å². The summed E-state index contributed by atoms with van der Waals surface area (Å²) in [6.07, 6.45) is 0.207. The van der Waals surface area contributed by atoms with Crippen molar-refractivity contribution in [3.63, 3.8) is 0 Å². The number of carbonyl (C=O) groups excluding carboxylic acids is 1. The fourth-order valence-electron chi connectivity index (χ4n) is 1.15. The van der Waals surface area contributed by atoms with E-state index in [1.165, 1.54) is 0 Å². The minimum atomic E-state index is -0.0528. The number of carbonyl (C=O) groups is 1. The predicted molar refractivity (Wildman–Crippen MR) is 59.9 cm³/mol. The fourth-order valence-corrected chi connectivity index (χ4v) is 1.15. The van der Waals surface area contributed by atoms with Gasteiger partial charge in [0.25, 0.3) is 5.91 Å².